The standard InChI is InChI=1S/C10H12N6/c1-15(5-2-3-11)10-9-13-4-6-16(9)7-8(12)14-10/h4,6-7H,2,5,12H2,1H3. The smallest absolute Gasteiger partial charge is 0.180 e. The van der Waals surface area contributed by atoms with Crippen LogP contribution in [0.3, 0.4) is 0 Å². The molecule has 6 heteroatoms. The number of hydrogen-bond acceptors (Lipinski definition) is 5. The van der Waals surface area contributed by atoms with Gasteiger partial charge in [0.15, 0.2) is 11.5 Å². The number of nitriles is 1. The molecule has 0 aromatic carbocycles. The molecule has 0 unspecified atom stereocenters. The molecule has 0 aliphatic rings. The summed E-state index contributed by atoms with van der Waals surface area (Å²) in [5.74, 6) is 1.13. The van der Waals surface area contributed by atoms with Crippen LogP contribution in [0.2, 0.25) is 0 Å². The Morgan fingerprint density at radius 3 is 3.19 bits per heavy atom. The highest BCUT2D eigenvalue weighted by atomic mass is 15.2. The Balaban J connectivity index is 2.42. The number of anilines is 2. The monoisotopic (exact) mass is 216 g/mol. The first-order chi connectivity index (χ1) is 7.72. The Morgan fingerprint density at radius 1 is 1.62 bits per heavy atom. The van der Waals surface area contributed by atoms with E-state index >= 15 is 0 Å². The summed E-state index contributed by atoms with van der Waals surface area (Å²) < 4.78 is 1.82. The first-order valence-electron chi connectivity index (χ1n) is 4.89. The molecule has 0 fully saturated rings. The van der Waals surface area contributed by atoms with Gasteiger partial charge in [0.1, 0.15) is 5.82 Å². The van der Waals surface area contributed by atoms with Gasteiger partial charge in [-0.2, -0.15) is 5.26 Å². The minimum atomic E-state index is 0.435. The molecule has 0 amide bonds. The van der Waals surface area contributed by atoms with Gasteiger partial charge in [0, 0.05) is 26.0 Å². The van der Waals surface area contributed by atoms with E-state index in [4.69, 9.17) is 11.0 Å². The number of nitrogens with two attached hydrogens (primary N) is 1. The summed E-state index contributed by atoms with van der Waals surface area (Å²) >= 11 is 0. The molecule has 16 heavy (non-hydrogen) atoms. The minimum absolute atomic E-state index is 0.435. The van der Waals surface area contributed by atoms with Gasteiger partial charge in [-0.1, -0.05) is 0 Å². The molecule has 2 aromatic heterocycles. The van der Waals surface area contributed by atoms with E-state index in [2.05, 4.69) is 16.0 Å². The second-order valence-corrected chi connectivity index (χ2v) is 3.48. The number of nitrogens with zero attached hydrogens (tertiary/aromatic N) is 5. The lowest BCUT2D eigenvalue weighted by Crippen LogP contribution is -2.20. The molecule has 0 aliphatic heterocycles. The number of aromatic nitrogens is 3. The van der Waals surface area contributed by atoms with Gasteiger partial charge in [-0.15, -0.1) is 0 Å². The third kappa shape index (κ3) is 1.75. The van der Waals surface area contributed by atoms with Gasteiger partial charge in [0.05, 0.1) is 18.7 Å². The predicted molar refractivity (Wildman–Crippen MR) is 60.9 cm³/mol. The second-order valence-electron chi connectivity index (χ2n) is 3.48. The van der Waals surface area contributed by atoms with E-state index < -0.39 is 0 Å². The van der Waals surface area contributed by atoms with Crippen LogP contribution in [-0.4, -0.2) is 28.0 Å². The highest BCUT2D eigenvalue weighted by Gasteiger charge is 2.10. The zero-order valence-electron chi connectivity index (χ0n) is 8.96. The Bertz CT molecular complexity index is 538. The summed E-state index contributed by atoms with van der Waals surface area (Å²) in [5, 5.41) is 8.55. The Kier molecular flexibility index (Phi) is 2.60. The van der Waals surface area contributed by atoms with E-state index in [1.165, 1.54) is 0 Å². The fourth-order valence-electron chi connectivity index (χ4n) is 1.51. The van der Waals surface area contributed by atoms with Crippen molar-refractivity contribution >= 4 is 17.3 Å². The highest BCUT2D eigenvalue weighted by molar-refractivity contribution is 5.65. The fraction of sp³-hybridized carbons (Fsp3) is 0.300. The van der Waals surface area contributed by atoms with Crippen molar-refractivity contribution < 1.29 is 0 Å². The number of fused-ring (bicyclic) bond motifs is 1. The molecule has 6 nitrogen and oxygen atoms in total. The number of nitrogen functional groups attached to an aromatic ring is 1. The SMILES string of the molecule is CN(CCC#N)c1nc(N)cn2ccnc12. The molecule has 0 atom stereocenters. The Labute approximate surface area is 92.9 Å². The number of imidazole rings is 1. The molecule has 0 radical (unpaired) electrons. The topological polar surface area (TPSA) is 83.2 Å². The van der Waals surface area contributed by atoms with Crippen LogP contribution >= 0.6 is 0 Å². The number of rotatable bonds is 3. The van der Waals surface area contributed by atoms with Crippen molar-refractivity contribution in [3.8, 4) is 6.07 Å². The molecule has 2 N–H and O–H groups in total. The zero-order valence-corrected chi connectivity index (χ0v) is 8.96. The van der Waals surface area contributed by atoms with Gasteiger partial charge in [-0.25, -0.2) is 9.97 Å². The van der Waals surface area contributed by atoms with Crippen molar-refractivity contribution in [1.29, 1.82) is 5.26 Å². The van der Waals surface area contributed by atoms with E-state index in [0.717, 1.165) is 5.65 Å². The maximum absolute atomic E-state index is 8.55. The summed E-state index contributed by atoms with van der Waals surface area (Å²) in [6.07, 6.45) is 5.66. The van der Waals surface area contributed by atoms with Crippen LogP contribution < -0.4 is 10.6 Å². The van der Waals surface area contributed by atoms with Crippen molar-refractivity contribution in [3.63, 3.8) is 0 Å². The Morgan fingerprint density at radius 2 is 2.44 bits per heavy atom. The van der Waals surface area contributed by atoms with Crippen LogP contribution in [0.4, 0.5) is 11.6 Å². The van der Waals surface area contributed by atoms with Gasteiger partial charge in [-0.3, -0.25) is 0 Å². The quantitative estimate of drug-likeness (QED) is 0.814. The van der Waals surface area contributed by atoms with Gasteiger partial charge in [0.25, 0.3) is 0 Å². The zero-order chi connectivity index (χ0) is 11.5. The van der Waals surface area contributed by atoms with Crippen molar-refractivity contribution in [2.75, 3.05) is 24.2 Å². The lowest BCUT2D eigenvalue weighted by Gasteiger charge is -2.17. The molecule has 0 spiro atoms. The summed E-state index contributed by atoms with van der Waals surface area (Å²) in [4.78, 5) is 10.3. The second kappa shape index (κ2) is 4.06. The summed E-state index contributed by atoms with van der Waals surface area (Å²) in [6.45, 7) is 0.607. The average Bonchev–Trinajstić information content (AvgIpc) is 2.72. The van der Waals surface area contributed by atoms with E-state index in [9.17, 15) is 0 Å². The summed E-state index contributed by atoms with van der Waals surface area (Å²) in [5.41, 5.74) is 6.44. The first kappa shape index (κ1) is 10.2. The van der Waals surface area contributed by atoms with E-state index in [0.29, 0.717) is 24.6 Å². The molecular weight excluding hydrogens is 204 g/mol. The van der Waals surface area contributed by atoms with E-state index in [-0.39, 0.29) is 0 Å². The van der Waals surface area contributed by atoms with Crippen LogP contribution in [0.1, 0.15) is 6.42 Å². The summed E-state index contributed by atoms with van der Waals surface area (Å²) in [6, 6.07) is 2.10. The molecule has 0 bridgehead atoms. The van der Waals surface area contributed by atoms with Gasteiger partial charge in [-0.05, 0) is 0 Å². The molecule has 0 saturated carbocycles. The minimum Gasteiger partial charge on any atom is -0.382 e. The van der Waals surface area contributed by atoms with Crippen LogP contribution in [0.25, 0.3) is 5.65 Å². The number of hydrogen-bond donors (Lipinski definition) is 1. The van der Waals surface area contributed by atoms with Crippen LogP contribution in [-0.2, 0) is 0 Å². The molecule has 2 heterocycles. The molecule has 0 aliphatic carbocycles. The van der Waals surface area contributed by atoms with Gasteiger partial charge < -0.3 is 15.0 Å². The van der Waals surface area contributed by atoms with Crippen LogP contribution in [0.5, 0.6) is 0 Å². The Hall–Kier alpha value is -2.29. The average molecular weight is 216 g/mol. The maximum Gasteiger partial charge on any atom is 0.180 e. The third-order valence-corrected chi connectivity index (χ3v) is 2.30. The van der Waals surface area contributed by atoms with Gasteiger partial charge >= 0.3 is 0 Å². The van der Waals surface area contributed by atoms with E-state index in [1.54, 1.807) is 12.4 Å². The largest absolute Gasteiger partial charge is 0.382 e. The van der Waals surface area contributed by atoms with Crippen LogP contribution in [0, 0.1) is 11.3 Å². The molecule has 0 saturated heterocycles. The van der Waals surface area contributed by atoms with Crippen molar-refractivity contribution in [3.05, 3.63) is 18.6 Å². The van der Waals surface area contributed by atoms with Crippen molar-refractivity contribution in [2.24, 2.45) is 0 Å². The third-order valence-electron chi connectivity index (χ3n) is 2.30. The van der Waals surface area contributed by atoms with Crippen molar-refractivity contribution in [2.45, 2.75) is 6.42 Å². The molecule has 2 rings (SSSR count). The molecule has 82 valence electrons. The lowest BCUT2D eigenvalue weighted by molar-refractivity contribution is 0.882. The predicted octanol–water partition coefficient (Wildman–Crippen LogP) is 0.661. The first-order valence-corrected chi connectivity index (χ1v) is 4.89. The van der Waals surface area contributed by atoms with Gasteiger partial charge in [0.2, 0.25) is 0 Å². The summed E-state index contributed by atoms with van der Waals surface area (Å²) in [7, 11) is 1.87. The fourth-order valence-corrected chi connectivity index (χ4v) is 1.51. The molecular formula is C10H12N6. The van der Waals surface area contributed by atoms with Crippen LogP contribution in [0.15, 0.2) is 18.6 Å². The lowest BCUT2D eigenvalue weighted by atomic mass is 10.4. The van der Waals surface area contributed by atoms with E-state index in [1.807, 2.05) is 22.5 Å². The maximum atomic E-state index is 8.55. The highest BCUT2D eigenvalue weighted by Crippen LogP contribution is 2.18. The normalized spacial score (nSPS) is 10.2. The molecule has 2 aromatic rings. The van der Waals surface area contributed by atoms with Crippen molar-refractivity contribution in [1.82, 2.24) is 14.4 Å².